The van der Waals surface area contributed by atoms with Crippen molar-refractivity contribution < 1.29 is 9.21 Å². The predicted molar refractivity (Wildman–Crippen MR) is 91.9 cm³/mol. The second kappa shape index (κ2) is 7.77. The third kappa shape index (κ3) is 4.22. The average Bonchev–Trinajstić information content (AvgIpc) is 3.23. The number of amides is 1. The summed E-state index contributed by atoms with van der Waals surface area (Å²) in [5.74, 6) is 0.423. The Bertz CT molecular complexity index is 868. The topological polar surface area (TPSA) is 91.8 Å². The largest absolute Gasteiger partial charge is 0.416 e. The van der Waals surface area contributed by atoms with E-state index in [2.05, 4.69) is 15.5 Å². The van der Waals surface area contributed by atoms with E-state index in [1.807, 2.05) is 36.4 Å². The fraction of sp³-hybridized carbons (Fsp3) is 0.125. The van der Waals surface area contributed by atoms with Crippen molar-refractivity contribution in [1.82, 2.24) is 10.2 Å². The first-order valence-corrected chi connectivity index (χ1v) is 8.87. The maximum atomic E-state index is 11.9. The highest BCUT2D eigenvalue weighted by Crippen LogP contribution is 2.23. The minimum absolute atomic E-state index is 0.135. The van der Waals surface area contributed by atoms with Crippen molar-refractivity contribution >= 4 is 34.0 Å². The number of nitriles is 1. The Morgan fingerprint density at radius 2 is 2.12 bits per heavy atom. The summed E-state index contributed by atoms with van der Waals surface area (Å²) in [7, 11) is 0. The number of carbonyl (C=O) groups excluding carboxylic acids is 1. The van der Waals surface area contributed by atoms with Gasteiger partial charge in [-0.3, -0.25) is 4.79 Å². The highest BCUT2D eigenvalue weighted by atomic mass is 32.2. The minimum Gasteiger partial charge on any atom is -0.416 e. The first-order chi connectivity index (χ1) is 11.7. The molecular formula is C16H12N4O2S2. The van der Waals surface area contributed by atoms with Crippen LogP contribution >= 0.6 is 23.1 Å². The Balaban J connectivity index is 1.52. The molecule has 0 bridgehead atoms. The van der Waals surface area contributed by atoms with Gasteiger partial charge < -0.3 is 9.73 Å². The lowest BCUT2D eigenvalue weighted by Gasteiger charge is -2.01. The Hall–Kier alpha value is -2.63. The van der Waals surface area contributed by atoms with Crippen molar-refractivity contribution in [3.8, 4) is 6.07 Å². The summed E-state index contributed by atoms with van der Waals surface area (Å²) in [6, 6.07) is 13.5. The molecule has 0 atom stereocenters. The number of benzene rings is 1. The molecule has 0 aliphatic carbocycles. The first kappa shape index (κ1) is 16.2. The van der Waals surface area contributed by atoms with Gasteiger partial charge in [-0.05, 0) is 17.0 Å². The molecular weight excluding hydrogens is 344 g/mol. The van der Waals surface area contributed by atoms with Gasteiger partial charge in [0.2, 0.25) is 11.8 Å². The molecule has 3 aromatic rings. The van der Waals surface area contributed by atoms with E-state index in [4.69, 9.17) is 9.68 Å². The van der Waals surface area contributed by atoms with E-state index in [9.17, 15) is 4.79 Å². The number of carbonyl (C=O) groups is 1. The van der Waals surface area contributed by atoms with Crippen LogP contribution in [-0.2, 0) is 11.2 Å². The summed E-state index contributed by atoms with van der Waals surface area (Å²) in [4.78, 5) is 11.9. The molecule has 6 nitrogen and oxygen atoms in total. The van der Waals surface area contributed by atoms with Gasteiger partial charge in [-0.2, -0.15) is 5.26 Å². The quantitative estimate of drug-likeness (QED) is 0.681. The SMILES string of the molecule is N#Cc1ccsc1NC(=O)CSc1nnc(Cc2ccccc2)o1. The predicted octanol–water partition coefficient (Wildman–Crippen LogP) is 3.32. The number of aromatic nitrogens is 2. The molecule has 1 aromatic carbocycles. The van der Waals surface area contributed by atoms with E-state index in [0.717, 1.165) is 17.3 Å². The number of hydrogen-bond acceptors (Lipinski definition) is 7. The zero-order valence-electron chi connectivity index (χ0n) is 12.4. The molecule has 120 valence electrons. The van der Waals surface area contributed by atoms with Crippen LogP contribution in [0.5, 0.6) is 0 Å². The summed E-state index contributed by atoms with van der Waals surface area (Å²) in [5.41, 5.74) is 1.54. The molecule has 0 saturated heterocycles. The van der Waals surface area contributed by atoms with Gasteiger partial charge in [0.25, 0.3) is 5.22 Å². The third-order valence-corrected chi connectivity index (χ3v) is 4.66. The lowest BCUT2D eigenvalue weighted by molar-refractivity contribution is -0.113. The monoisotopic (exact) mass is 356 g/mol. The Labute approximate surface area is 146 Å². The number of anilines is 1. The van der Waals surface area contributed by atoms with E-state index >= 15 is 0 Å². The summed E-state index contributed by atoms with van der Waals surface area (Å²) in [6.45, 7) is 0. The molecule has 1 amide bonds. The van der Waals surface area contributed by atoms with E-state index < -0.39 is 0 Å². The van der Waals surface area contributed by atoms with Gasteiger partial charge in [0.15, 0.2) is 0 Å². The van der Waals surface area contributed by atoms with Gasteiger partial charge in [0, 0.05) is 0 Å². The van der Waals surface area contributed by atoms with Crippen molar-refractivity contribution in [3.05, 3.63) is 58.8 Å². The normalized spacial score (nSPS) is 10.3. The lowest BCUT2D eigenvalue weighted by Crippen LogP contribution is -2.13. The van der Waals surface area contributed by atoms with Crippen LogP contribution in [0.15, 0.2) is 51.4 Å². The van der Waals surface area contributed by atoms with Crippen LogP contribution < -0.4 is 5.32 Å². The summed E-state index contributed by atoms with van der Waals surface area (Å²) in [6.07, 6.45) is 0.557. The molecule has 2 heterocycles. The fourth-order valence-corrected chi connectivity index (χ4v) is 3.26. The van der Waals surface area contributed by atoms with E-state index in [1.54, 1.807) is 11.4 Å². The van der Waals surface area contributed by atoms with Crippen LogP contribution in [0.25, 0.3) is 0 Å². The number of nitrogens with zero attached hydrogens (tertiary/aromatic N) is 3. The molecule has 8 heteroatoms. The van der Waals surface area contributed by atoms with E-state index in [0.29, 0.717) is 28.1 Å². The van der Waals surface area contributed by atoms with Crippen LogP contribution in [-0.4, -0.2) is 21.9 Å². The van der Waals surface area contributed by atoms with Crippen LogP contribution in [0.4, 0.5) is 5.00 Å². The van der Waals surface area contributed by atoms with Gasteiger partial charge in [-0.25, -0.2) is 0 Å². The van der Waals surface area contributed by atoms with E-state index in [1.165, 1.54) is 11.3 Å². The molecule has 0 radical (unpaired) electrons. The van der Waals surface area contributed by atoms with Crippen molar-refractivity contribution in [3.63, 3.8) is 0 Å². The summed E-state index contributed by atoms with van der Waals surface area (Å²) < 4.78 is 5.53. The molecule has 24 heavy (non-hydrogen) atoms. The number of rotatable bonds is 6. The summed E-state index contributed by atoms with van der Waals surface area (Å²) in [5, 5.41) is 22.2. The first-order valence-electron chi connectivity index (χ1n) is 7.01. The minimum atomic E-state index is -0.221. The second-order valence-corrected chi connectivity index (χ2v) is 6.58. The maximum absolute atomic E-state index is 11.9. The average molecular weight is 356 g/mol. The van der Waals surface area contributed by atoms with Gasteiger partial charge in [0.05, 0.1) is 17.7 Å². The van der Waals surface area contributed by atoms with Gasteiger partial charge in [-0.15, -0.1) is 21.5 Å². The zero-order chi connectivity index (χ0) is 16.8. The van der Waals surface area contributed by atoms with Crippen LogP contribution in [0.3, 0.4) is 0 Å². The fourth-order valence-electron chi connectivity index (χ4n) is 1.92. The number of thiophene rings is 1. The number of thioether (sulfide) groups is 1. The van der Waals surface area contributed by atoms with Crippen LogP contribution in [0, 0.1) is 11.3 Å². The number of nitrogens with one attached hydrogen (secondary N) is 1. The molecule has 3 rings (SSSR count). The second-order valence-electron chi connectivity index (χ2n) is 4.74. The van der Waals surface area contributed by atoms with Crippen LogP contribution in [0.1, 0.15) is 17.0 Å². The molecule has 1 N–H and O–H groups in total. The van der Waals surface area contributed by atoms with Gasteiger partial charge >= 0.3 is 0 Å². The van der Waals surface area contributed by atoms with Crippen molar-refractivity contribution in [2.75, 3.05) is 11.1 Å². The Morgan fingerprint density at radius 1 is 1.29 bits per heavy atom. The maximum Gasteiger partial charge on any atom is 0.277 e. The molecule has 0 saturated carbocycles. The lowest BCUT2D eigenvalue weighted by atomic mass is 10.2. The highest BCUT2D eigenvalue weighted by Gasteiger charge is 2.12. The highest BCUT2D eigenvalue weighted by molar-refractivity contribution is 7.99. The Morgan fingerprint density at radius 3 is 2.92 bits per heavy atom. The smallest absolute Gasteiger partial charge is 0.277 e. The standard InChI is InChI=1S/C16H12N4O2S2/c17-9-12-6-7-23-15(12)18-13(21)10-24-16-20-19-14(22-16)8-11-4-2-1-3-5-11/h1-7H,8,10H2,(H,18,21). The molecule has 0 aliphatic heterocycles. The van der Waals surface area contributed by atoms with Gasteiger partial charge in [0.1, 0.15) is 11.1 Å². The van der Waals surface area contributed by atoms with Crippen molar-refractivity contribution in [1.29, 1.82) is 5.26 Å². The molecule has 0 fully saturated rings. The van der Waals surface area contributed by atoms with Crippen molar-refractivity contribution in [2.45, 2.75) is 11.6 Å². The summed E-state index contributed by atoms with van der Waals surface area (Å²) >= 11 is 2.48. The van der Waals surface area contributed by atoms with E-state index in [-0.39, 0.29) is 11.7 Å². The van der Waals surface area contributed by atoms with Crippen LogP contribution in [0.2, 0.25) is 0 Å². The molecule has 0 aliphatic rings. The third-order valence-electron chi connectivity index (χ3n) is 3.01. The zero-order valence-corrected chi connectivity index (χ0v) is 14.1. The Kier molecular flexibility index (Phi) is 5.25. The molecule has 0 spiro atoms. The van der Waals surface area contributed by atoms with Crippen molar-refractivity contribution in [2.24, 2.45) is 0 Å². The number of hydrogen-bond donors (Lipinski definition) is 1. The molecule has 2 aromatic heterocycles. The van der Waals surface area contributed by atoms with Gasteiger partial charge in [-0.1, -0.05) is 42.1 Å². The molecule has 0 unspecified atom stereocenters.